The highest BCUT2D eigenvalue weighted by molar-refractivity contribution is 5.18. The molecular formula is C13H20O. The highest BCUT2D eigenvalue weighted by Crippen LogP contribution is 2.25. The molecule has 0 bridgehead atoms. The standard InChI is InChI=1S/C13H20O/c1-5-7-10(3)13-9-8-11(4)12(6-2)14-13/h5,7-8,12-13H,1,6,9H2,2-4H3/b10-7+/t12-,13-/m1/s1. The van der Waals surface area contributed by atoms with Crippen LogP contribution in [-0.2, 0) is 4.74 Å². The largest absolute Gasteiger partial charge is 0.366 e. The molecule has 0 aliphatic carbocycles. The van der Waals surface area contributed by atoms with E-state index in [0.29, 0.717) is 6.10 Å². The number of hydrogen-bond donors (Lipinski definition) is 0. The third kappa shape index (κ3) is 2.58. The summed E-state index contributed by atoms with van der Waals surface area (Å²) in [5.41, 5.74) is 2.64. The number of ether oxygens (including phenoxy) is 1. The fourth-order valence-corrected chi connectivity index (χ4v) is 1.79. The molecule has 1 rings (SSSR count). The highest BCUT2D eigenvalue weighted by Gasteiger charge is 2.21. The summed E-state index contributed by atoms with van der Waals surface area (Å²) < 4.78 is 5.98. The van der Waals surface area contributed by atoms with Crippen molar-refractivity contribution in [3.05, 3.63) is 36.0 Å². The fraction of sp³-hybridized carbons (Fsp3) is 0.538. The molecule has 0 N–H and O–H groups in total. The first kappa shape index (κ1) is 11.3. The first-order chi connectivity index (χ1) is 6.69. The van der Waals surface area contributed by atoms with Crippen LogP contribution in [0.25, 0.3) is 0 Å². The summed E-state index contributed by atoms with van der Waals surface area (Å²) in [6.07, 6.45) is 8.77. The molecule has 0 fully saturated rings. The molecule has 1 heteroatoms. The van der Waals surface area contributed by atoms with Crippen LogP contribution in [0.3, 0.4) is 0 Å². The fourth-order valence-electron chi connectivity index (χ4n) is 1.79. The molecule has 0 saturated heterocycles. The zero-order valence-corrected chi connectivity index (χ0v) is 9.42. The van der Waals surface area contributed by atoms with Gasteiger partial charge in [0.05, 0.1) is 12.2 Å². The Bertz CT molecular complexity index is 260. The van der Waals surface area contributed by atoms with E-state index in [1.807, 2.05) is 12.2 Å². The molecule has 2 atom stereocenters. The third-order valence-electron chi connectivity index (χ3n) is 2.75. The summed E-state index contributed by atoms with van der Waals surface area (Å²) >= 11 is 0. The van der Waals surface area contributed by atoms with Gasteiger partial charge in [0.15, 0.2) is 0 Å². The van der Waals surface area contributed by atoms with Crippen molar-refractivity contribution in [2.75, 3.05) is 0 Å². The second-order valence-electron chi connectivity index (χ2n) is 3.85. The van der Waals surface area contributed by atoms with Crippen LogP contribution in [0.4, 0.5) is 0 Å². The van der Waals surface area contributed by atoms with Crippen LogP contribution in [0.2, 0.25) is 0 Å². The van der Waals surface area contributed by atoms with Crippen LogP contribution in [0.15, 0.2) is 36.0 Å². The van der Waals surface area contributed by atoms with Gasteiger partial charge in [-0.3, -0.25) is 0 Å². The molecule has 0 saturated carbocycles. The Morgan fingerprint density at radius 1 is 1.71 bits per heavy atom. The Hall–Kier alpha value is -0.820. The average molecular weight is 192 g/mol. The molecule has 1 aliphatic rings. The second-order valence-corrected chi connectivity index (χ2v) is 3.85. The summed E-state index contributed by atoms with van der Waals surface area (Å²) in [5, 5.41) is 0. The highest BCUT2D eigenvalue weighted by atomic mass is 16.5. The van der Waals surface area contributed by atoms with Crippen molar-refractivity contribution in [3.63, 3.8) is 0 Å². The number of rotatable bonds is 3. The van der Waals surface area contributed by atoms with Gasteiger partial charge in [0.2, 0.25) is 0 Å². The van der Waals surface area contributed by atoms with Gasteiger partial charge in [0.25, 0.3) is 0 Å². The maximum Gasteiger partial charge on any atom is 0.0828 e. The lowest BCUT2D eigenvalue weighted by atomic mass is 9.98. The van der Waals surface area contributed by atoms with Gasteiger partial charge in [-0.15, -0.1) is 0 Å². The van der Waals surface area contributed by atoms with Crippen LogP contribution in [-0.4, -0.2) is 12.2 Å². The van der Waals surface area contributed by atoms with Gasteiger partial charge in [-0.05, 0) is 37.8 Å². The molecular weight excluding hydrogens is 172 g/mol. The normalized spacial score (nSPS) is 28.5. The predicted octanol–water partition coefficient (Wildman–Crippen LogP) is 3.63. The lowest BCUT2D eigenvalue weighted by Crippen LogP contribution is -2.27. The van der Waals surface area contributed by atoms with E-state index in [1.165, 1.54) is 11.1 Å². The van der Waals surface area contributed by atoms with Gasteiger partial charge in [-0.25, -0.2) is 0 Å². The molecule has 0 radical (unpaired) electrons. The zero-order valence-electron chi connectivity index (χ0n) is 9.42. The van der Waals surface area contributed by atoms with E-state index in [1.54, 1.807) is 0 Å². The number of hydrogen-bond acceptors (Lipinski definition) is 1. The lowest BCUT2D eigenvalue weighted by Gasteiger charge is -2.29. The third-order valence-corrected chi connectivity index (χ3v) is 2.75. The van der Waals surface area contributed by atoms with Crippen molar-refractivity contribution in [1.82, 2.24) is 0 Å². The monoisotopic (exact) mass is 192 g/mol. The summed E-state index contributed by atoms with van der Waals surface area (Å²) in [5.74, 6) is 0. The van der Waals surface area contributed by atoms with Crippen molar-refractivity contribution in [2.45, 2.75) is 45.8 Å². The Balaban J connectivity index is 2.69. The molecule has 1 aliphatic heterocycles. The maximum absolute atomic E-state index is 5.98. The van der Waals surface area contributed by atoms with E-state index in [9.17, 15) is 0 Å². The van der Waals surface area contributed by atoms with Gasteiger partial charge < -0.3 is 4.74 Å². The molecule has 0 aromatic carbocycles. The second kappa shape index (κ2) is 5.16. The molecule has 0 aromatic heterocycles. The smallest absolute Gasteiger partial charge is 0.0828 e. The minimum Gasteiger partial charge on any atom is -0.366 e. The SMILES string of the molecule is C=C/C=C(\C)[C@H]1CC=C(C)[C@@H](CC)O1. The van der Waals surface area contributed by atoms with Crippen LogP contribution in [0.5, 0.6) is 0 Å². The van der Waals surface area contributed by atoms with Gasteiger partial charge >= 0.3 is 0 Å². The summed E-state index contributed by atoms with van der Waals surface area (Å²) in [7, 11) is 0. The maximum atomic E-state index is 5.98. The van der Waals surface area contributed by atoms with Crippen molar-refractivity contribution in [2.24, 2.45) is 0 Å². The van der Waals surface area contributed by atoms with Crippen molar-refractivity contribution >= 4 is 0 Å². The molecule has 0 spiro atoms. The summed E-state index contributed by atoms with van der Waals surface area (Å²) in [4.78, 5) is 0. The van der Waals surface area contributed by atoms with Crippen molar-refractivity contribution in [1.29, 1.82) is 0 Å². The van der Waals surface area contributed by atoms with Gasteiger partial charge in [0.1, 0.15) is 0 Å². The van der Waals surface area contributed by atoms with Gasteiger partial charge in [-0.1, -0.05) is 31.7 Å². The van der Waals surface area contributed by atoms with Crippen LogP contribution < -0.4 is 0 Å². The predicted molar refractivity (Wildman–Crippen MR) is 61.3 cm³/mol. The van der Waals surface area contributed by atoms with E-state index in [-0.39, 0.29) is 6.10 Å². The Morgan fingerprint density at radius 2 is 2.43 bits per heavy atom. The molecule has 1 nitrogen and oxygen atoms in total. The Labute approximate surface area is 87.2 Å². The molecule has 0 amide bonds. The summed E-state index contributed by atoms with van der Waals surface area (Å²) in [6, 6.07) is 0. The minimum absolute atomic E-state index is 0.252. The quantitative estimate of drug-likeness (QED) is 0.490. The van der Waals surface area contributed by atoms with E-state index in [0.717, 1.165) is 12.8 Å². The Morgan fingerprint density at radius 3 is 3.00 bits per heavy atom. The van der Waals surface area contributed by atoms with E-state index in [2.05, 4.69) is 33.4 Å². The van der Waals surface area contributed by atoms with Gasteiger partial charge in [0, 0.05) is 0 Å². The Kier molecular flexibility index (Phi) is 4.15. The first-order valence-electron chi connectivity index (χ1n) is 5.30. The molecule has 1 heterocycles. The van der Waals surface area contributed by atoms with E-state index in [4.69, 9.17) is 4.74 Å². The topological polar surface area (TPSA) is 9.23 Å². The van der Waals surface area contributed by atoms with Crippen LogP contribution in [0, 0.1) is 0 Å². The lowest BCUT2D eigenvalue weighted by molar-refractivity contribution is 0.0181. The van der Waals surface area contributed by atoms with Gasteiger partial charge in [-0.2, -0.15) is 0 Å². The summed E-state index contributed by atoms with van der Waals surface area (Å²) in [6.45, 7) is 10.1. The van der Waals surface area contributed by atoms with E-state index >= 15 is 0 Å². The number of allylic oxidation sites excluding steroid dienone is 2. The molecule has 14 heavy (non-hydrogen) atoms. The molecule has 78 valence electrons. The van der Waals surface area contributed by atoms with Crippen molar-refractivity contribution < 1.29 is 4.74 Å². The average Bonchev–Trinajstić information content (AvgIpc) is 2.19. The molecule has 0 unspecified atom stereocenters. The van der Waals surface area contributed by atoms with Crippen molar-refractivity contribution in [3.8, 4) is 0 Å². The molecule has 0 aromatic rings. The first-order valence-corrected chi connectivity index (χ1v) is 5.30. The van der Waals surface area contributed by atoms with Crippen LogP contribution in [0.1, 0.15) is 33.6 Å². The minimum atomic E-state index is 0.252. The van der Waals surface area contributed by atoms with E-state index < -0.39 is 0 Å². The zero-order chi connectivity index (χ0) is 10.6. The van der Waals surface area contributed by atoms with Crippen LogP contribution >= 0.6 is 0 Å².